The van der Waals surface area contributed by atoms with Crippen LogP contribution >= 0.6 is 0 Å². The van der Waals surface area contributed by atoms with Crippen molar-refractivity contribution in [2.75, 3.05) is 13.7 Å². The van der Waals surface area contributed by atoms with E-state index in [0.29, 0.717) is 36.3 Å². The summed E-state index contributed by atoms with van der Waals surface area (Å²) >= 11 is 0. The van der Waals surface area contributed by atoms with Crippen LogP contribution in [0.25, 0.3) is 11.0 Å². The molecule has 0 bridgehead atoms. The highest BCUT2D eigenvalue weighted by Gasteiger charge is 2.22. The van der Waals surface area contributed by atoms with Gasteiger partial charge in [0.15, 0.2) is 0 Å². The lowest BCUT2D eigenvalue weighted by Crippen LogP contribution is -2.37. The lowest BCUT2D eigenvalue weighted by atomic mass is 10.1. The Bertz CT molecular complexity index is 1140. The van der Waals surface area contributed by atoms with Crippen LogP contribution in [-0.2, 0) is 25.4 Å². The van der Waals surface area contributed by atoms with Crippen LogP contribution in [0.2, 0.25) is 0 Å². The molecule has 8 nitrogen and oxygen atoms in total. The van der Waals surface area contributed by atoms with Crippen LogP contribution in [-0.4, -0.2) is 33.3 Å². The Kier molecular flexibility index (Phi) is 6.03. The Balaban J connectivity index is 2.08. The van der Waals surface area contributed by atoms with Crippen molar-refractivity contribution in [2.45, 2.75) is 25.9 Å². The summed E-state index contributed by atoms with van der Waals surface area (Å²) in [7, 11) is 4.64. The lowest BCUT2D eigenvalue weighted by molar-refractivity contribution is 0.0929. The molecule has 0 aliphatic carbocycles. The van der Waals surface area contributed by atoms with Gasteiger partial charge < -0.3 is 14.6 Å². The van der Waals surface area contributed by atoms with Crippen molar-refractivity contribution in [3.8, 4) is 0 Å². The third-order valence-corrected chi connectivity index (χ3v) is 5.11. The number of ether oxygens (including phenoxy) is 1. The minimum Gasteiger partial charge on any atom is -0.385 e. The molecule has 1 N–H and O–H groups in total. The number of hydrogen-bond donors (Lipinski definition) is 1. The van der Waals surface area contributed by atoms with Gasteiger partial charge in [-0.2, -0.15) is 0 Å². The molecule has 0 unspecified atom stereocenters. The second-order valence-corrected chi connectivity index (χ2v) is 7.08. The van der Waals surface area contributed by atoms with E-state index >= 15 is 0 Å². The van der Waals surface area contributed by atoms with Gasteiger partial charge in [-0.3, -0.25) is 18.7 Å². The normalized spacial score (nSPS) is 12.3. The minimum atomic E-state index is -0.432. The first-order valence-corrected chi connectivity index (χ1v) is 9.50. The van der Waals surface area contributed by atoms with E-state index in [1.807, 2.05) is 37.3 Å². The zero-order valence-corrected chi connectivity index (χ0v) is 17.1. The van der Waals surface area contributed by atoms with E-state index in [1.165, 1.54) is 11.6 Å². The first-order chi connectivity index (χ1) is 13.9. The zero-order valence-electron chi connectivity index (χ0n) is 17.1. The number of aryl methyl sites for hydroxylation is 2. The zero-order chi connectivity index (χ0) is 21.1. The third-order valence-electron chi connectivity index (χ3n) is 5.11. The highest BCUT2D eigenvalue weighted by molar-refractivity contribution is 5.98. The average Bonchev–Trinajstić information content (AvgIpc) is 3.11. The molecule has 2 heterocycles. The summed E-state index contributed by atoms with van der Waals surface area (Å²) in [6, 6.07) is 11.0. The Morgan fingerprint density at radius 1 is 1.14 bits per heavy atom. The number of fused-ring (bicyclic) bond motifs is 1. The number of rotatable bonds is 7. The molecule has 0 radical (unpaired) electrons. The van der Waals surface area contributed by atoms with E-state index < -0.39 is 11.2 Å². The first-order valence-electron chi connectivity index (χ1n) is 9.50. The van der Waals surface area contributed by atoms with Crippen molar-refractivity contribution in [1.82, 2.24) is 19.0 Å². The molecule has 1 amide bonds. The fraction of sp³-hybridized carbons (Fsp3) is 0.381. The van der Waals surface area contributed by atoms with Crippen molar-refractivity contribution in [2.24, 2.45) is 14.1 Å². The molecule has 0 fully saturated rings. The van der Waals surface area contributed by atoms with Crippen LogP contribution in [0.1, 0.15) is 35.4 Å². The molecule has 0 aliphatic heterocycles. The number of nitrogens with one attached hydrogen (secondary N) is 1. The lowest BCUT2D eigenvalue weighted by Gasteiger charge is -2.16. The predicted molar refractivity (Wildman–Crippen MR) is 111 cm³/mol. The Hall–Kier alpha value is -3.13. The summed E-state index contributed by atoms with van der Waals surface area (Å²) in [5.74, 6) is -0.301. The molecule has 1 atom stereocenters. The maximum Gasteiger partial charge on any atom is 0.332 e. The van der Waals surface area contributed by atoms with Crippen LogP contribution in [0.3, 0.4) is 0 Å². The molecular weight excluding hydrogens is 372 g/mol. The van der Waals surface area contributed by atoms with Crippen LogP contribution in [0.4, 0.5) is 0 Å². The highest BCUT2D eigenvalue weighted by atomic mass is 16.5. The van der Waals surface area contributed by atoms with Crippen LogP contribution < -0.4 is 16.6 Å². The molecule has 29 heavy (non-hydrogen) atoms. The monoisotopic (exact) mass is 398 g/mol. The van der Waals surface area contributed by atoms with Gasteiger partial charge in [-0.15, -0.1) is 0 Å². The van der Waals surface area contributed by atoms with E-state index in [2.05, 4.69) is 5.32 Å². The van der Waals surface area contributed by atoms with Gasteiger partial charge in [-0.05, 0) is 25.0 Å². The molecule has 2 aromatic heterocycles. The van der Waals surface area contributed by atoms with Crippen molar-refractivity contribution in [3.63, 3.8) is 0 Å². The molecule has 154 valence electrons. The maximum atomic E-state index is 13.1. The predicted octanol–water partition coefficient (Wildman–Crippen LogP) is 1.57. The molecule has 0 spiro atoms. The van der Waals surface area contributed by atoms with Gasteiger partial charge >= 0.3 is 5.69 Å². The molecular formula is C21H26N4O4. The number of methoxy groups -OCH3 is 1. The number of carbonyl (C=O) groups is 1. The van der Waals surface area contributed by atoms with E-state index in [0.717, 1.165) is 10.1 Å². The molecule has 1 aromatic carbocycles. The molecule has 0 saturated heterocycles. The maximum absolute atomic E-state index is 13.1. The SMILES string of the molecule is COCCCn1c(C(=O)N[C@@H](C)c2ccccc2)cc2c(=O)n(C)c(=O)n(C)c21. The quantitative estimate of drug-likeness (QED) is 0.612. The van der Waals surface area contributed by atoms with Gasteiger partial charge in [0, 0.05) is 34.4 Å². The summed E-state index contributed by atoms with van der Waals surface area (Å²) in [5.41, 5.74) is 0.909. The first kappa shape index (κ1) is 20.6. The van der Waals surface area contributed by atoms with E-state index in [4.69, 9.17) is 4.74 Å². The van der Waals surface area contributed by atoms with Crippen LogP contribution in [0, 0.1) is 0 Å². The van der Waals surface area contributed by atoms with Gasteiger partial charge in [-0.25, -0.2) is 4.79 Å². The van der Waals surface area contributed by atoms with E-state index in [1.54, 1.807) is 24.8 Å². The Morgan fingerprint density at radius 2 is 1.83 bits per heavy atom. The smallest absolute Gasteiger partial charge is 0.332 e. The van der Waals surface area contributed by atoms with Gasteiger partial charge in [0.2, 0.25) is 0 Å². The standard InChI is InChI=1S/C21H26N4O4/c1-14(15-9-6-5-7-10-15)22-18(26)17-13-16-19(25(17)11-8-12-29-4)23(2)21(28)24(3)20(16)27/h5-7,9-10,13-14H,8,11-12H2,1-4H3,(H,22,26)/t14-/m0/s1. The van der Waals surface area contributed by atoms with Crippen LogP contribution in [0.15, 0.2) is 46.0 Å². The van der Waals surface area contributed by atoms with Gasteiger partial charge in [0.05, 0.1) is 11.4 Å². The second kappa shape index (κ2) is 8.48. The summed E-state index contributed by atoms with van der Waals surface area (Å²) in [5, 5.41) is 3.32. The topological polar surface area (TPSA) is 87.3 Å². The summed E-state index contributed by atoms with van der Waals surface area (Å²) < 4.78 is 9.31. The van der Waals surface area contributed by atoms with Gasteiger partial charge in [0.1, 0.15) is 11.3 Å². The van der Waals surface area contributed by atoms with Gasteiger partial charge in [0.25, 0.3) is 11.5 Å². The number of hydrogen-bond acceptors (Lipinski definition) is 4. The van der Waals surface area contributed by atoms with Crippen molar-refractivity contribution >= 4 is 16.9 Å². The molecule has 3 rings (SSSR count). The number of amides is 1. The fourth-order valence-electron chi connectivity index (χ4n) is 3.52. The number of nitrogens with zero attached hydrogens (tertiary/aromatic N) is 3. The highest BCUT2D eigenvalue weighted by Crippen LogP contribution is 2.18. The number of aromatic nitrogens is 3. The van der Waals surface area contributed by atoms with Crippen molar-refractivity contribution < 1.29 is 9.53 Å². The largest absolute Gasteiger partial charge is 0.385 e. The summed E-state index contributed by atoms with van der Waals surface area (Å²) in [6.45, 7) is 2.85. The number of carbonyl (C=O) groups excluding carboxylic acids is 1. The van der Waals surface area contributed by atoms with Crippen molar-refractivity contribution in [3.05, 3.63) is 68.5 Å². The van der Waals surface area contributed by atoms with Gasteiger partial charge in [-0.1, -0.05) is 30.3 Å². The average molecular weight is 398 g/mol. The third kappa shape index (κ3) is 3.88. The van der Waals surface area contributed by atoms with E-state index in [9.17, 15) is 14.4 Å². The molecule has 0 saturated carbocycles. The van der Waals surface area contributed by atoms with Crippen molar-refractivity contribution in [1.29, 1.82) is 0 Å². The summed E-state index contributed by atoms with van der Waals surface area (Å²) in [6.07, 6.45) is 0.637. The van der Waals surface area contributed by atoms with Crippen LogP contribution in [0.5, 0.6) is 0 Å². The Labute approximate surface area is 168 Å². The second-order valence-electron chi connectivity index (χ2n) is 7.08. The minimum absolute atomic E-state index is 0.208. The number of benzene rings is 1. The molecule has 0 aliphatic rings. The molecule has 3 aromatic rings. The summed E-state index contributed by atoms with van der Waals surface area (Å²) in [4.78, 5) is 38.1. The van der Waals surface area contributed by atoms with E-state index in [-0.39, 0.29) is 11.9 Å². The Morgan fingerprint density at radius 3 is 2.48 bits per heavy atom. The fourth-order valence-corrected chi connectivity index (χ4v) is 3.52. The molecule has 8 heteroatoms.